The third kappa shape index (κ3) is 6.82. The van der Waals surface area contributed by atoms with Gasteiger partial charge in [-0.3, -0.25) is 4.99 Å². The fourth-order valence-corrected chi connectivity index (χ4v) is 2.55. The van der Waals surface area contributed by atoms with Crippen LogP contribution in [-0.4, -0.2) is 59.1 Å². The molecule has 1 aliphatic rings. The molecule has 0 aromatic heterocycles. The van der Waals surface area contributed by atoms with E-state index in [9.17, 15) is 0 Å². The van der Waals surface area contributed by atoms with Gasteiger partial charge in [0.1, 0.15) is 0 Å². The van der Waals surface area contributed by atoms with Crippen LogP contribution < -0.4 is 15.5 Å². The van der Waals surface area contributed by atoms with Crippen molar-refractivity contribution >= 4 is 35.6 Å². The van der Waals surface area contributed by atoms with Crippen LogP contribution in [0, 0.1) is 0 Å². The maximum absolute atomic E-state index is 5.39. The standard InChI is InChI=1S/C17H28N4O2.HI/c1-14(13-22-3)20-17(18-2)19-12-15-4-6-16(7-5-15)21-8-10-23-11-9-21;/h4-7,14H,8-13H2,1-3H3,(H2,18,19,20);1H. The molecular weight excluding hydrogens is 419 g/mol. The molecule has 1 aliphatic heterocycles. The largest absolute Gasteiger partial charge is 0.383 e. The second-order valence-electron chi connectivity index (χ2n) is 5.69. The average Bonchev–Trinajstić information content (AvgIpc) is 2.60. The molecule has 1 aromatic carbocycles. The Morgan fingerprint density at radius 3 is 2.54 bits per heavy atom. The SMILES string of the molecule is CN=C(NCc1ccc(N2CCOCC2)cc1)NC(C)COC.I. The Morgan fingerprint density at radius 1 is 1.29 bits per heavy atom. The van der Waals surface area contributed by atoms with Crippen molar-refractivity contribution in [3.8, 4) is 0 Å². The van der Waals surface area contributed by atoms with Gasteiger partial charge in [-0.1, -0.05) is 12.1 Å². The minimum atomic E-state index is 0. The highest BCUT2D eigenvalue weighted by Gasteiger charge is 2.10. The smallest absolute Gasteiger partial charge is 0.191 e. The van der Waals surface area contributed by atoms with Crippen LogP contribution >= 0.6 is 24.0 Å². The lowest BCUT2D eigenvalue weighted by Crippen LogP contribution is -2.43. The van der Waals surface area contributed by atoms with Crippen LogP contribution in [0.2, 0.25) is 0 Å². The minimum Gasteiger partial charge on any atom is -0.383 e. The van der Waals surface area contributed by atoms with E-state index < -0.39 is 0 Å². The molecule has 24 heavy (non-hydrogen) atoms. The van der Waals surface area contributed by atoms with Crippen molar-refractivity contribution in [1.82, 2.24) is 10.6 Å². The van der Waals surface area contributed by atoms with Gasteiger partial charge in [-0.15, -0.1) is 24.0 Å². The Morgan fingerprint density at radius 2 is 1.96 bits per heavy atom. The highest BCUT2D eigenvalue weighted by Crippen LogP contribution is 2.16. The first-order valence-electron chi connectivity index (χ1n) is 8.10. The van der Waals surface area contributed by atoms with Crippen molar-refractivity contribution in [1.29, 1.82) is 0 Å². The summed E-state index contributed by atoms with van der Waals surface area (Å²) in [5.41, 5.74) is 2.48. The zero-order valence-electron chi connectivity index (χ0n) is 14.7. The maximum atomic E-state index is 5.39. The van der Waals surface area contributed by atoms with E-state index in [1.165, 1.54) is 11.3 Å². The Labute approximate surface area is 162 Å². The monoisotopic (exact) mass is 448 g/mol. The second kappa shape index (κ2) is 11.5. The van der Waals surface area contributed by atoms with Crippen LogP contribution in [0.25, 0.3) is 0 Å². The number of nitrogens with one attached hydrogen (secondary N) is 2. The lowest BCUT2D eigenvalue weighted by Gasteiger charge is -2.29. The summed E-state index contributed by atoms with van der Waals surface area (Å²) in [5.74, 6) is 0.784. The van der Waals surface area contributed by atoms with E-state index in [1.807, 2.05) is 0 Å². The fraction of sp³-hybridized carbons (Fsp3) is 0.588. The average molecular weight is 448 g/mol. The first-order chi connectivity index (χ1) is 11.2. The predicted octanol–water partition coefficient (Wildman–Crippen LogP) is 1.84. The molecule has 0 saturated carbocycles. The highest BCUT2D eigenvalue weighted by atomic mass is 127. The molecule has 1 atom stereocenters. The molecule has 0 amide bonds. The van der Waals surface area contributed by atoms with E-state index in [4.69, 9.17) is 9.47 Å². The number of anilines is 1. The second-order valence-corrected chi connectivity index (χ2v) is 5.69. The number of aliphatic imine (C=N–C) groups is 1. The van der Waals surface area contributed by atoms with Crippen LogP contribution in [0.3, 0.4) is 0 Å². The number of ether oxygens (including phenoxy) is 2. The summed E-state index contributed by atoms with van der Waals surface area (Å²) in [7, 11) is 3.47. The van der Waals surface area contributed by atoms with Gasteiger partial charge in [-0.2, -0.15) is 0 Å². The van der Waals surface area contributed by atoms with Gasteiger partial charge in [0.2, 0.25) is 0 Å². The number of methoxy groups -OCH3 is 1. The van der Waals surface area contributed by atoms with E-state index in [1.54, 1.807) is 14.2 Å². The molecule has 0 aliphatic carbocycles. The third-order valence-corrected chi connectivity index (χ3v) is 3.80. The molecular formula is C17H29IN4O2. The van der Waals surface area contributed by atoms with Crippen molar-refractivity contribution in [2.24, 2.45) is 4.99 Å². The number of guanidine groups is 1. The lowest BCUT2D eigenvalue weighted by molar-refractivity contribution is 0.122. The van der Waals surface area contributed by atoms with Gasteiger partial charge in [-0.05, 0) is 24.6 Å². The maximum Gasteiger partial charge on any atom is 0.191 e. The van der Waals surface area contributed by atoms with Crippen LogP contribution in [0.4, 0.5) is 5.69 Å². The Balaban J connectivity index is 0.00000288. The molecule has 2 rings (SSSR count). The molecule has 1 aromatic rings. The Hall–Kier alpha value is -1.06. The molecule has 7 heteroatoms. The quantitative estimate of drug-likeness (QED) is 0.395. The highest BCUT2D eigenvalue weighted by molar-refractivity contribution is 14.0. The van der Waals surface area contributed by atoms with Crippen molar-refractivity contribution < 1.29 is 9.47 Å². The molecule has 0 radical (unpaired) electrons. The van der Waals surface area contributed by atoms with Crippen LogP contribution in [0.5, 0.6) is 0 Å². The van der Waals surface area contributed by atoms with Gasteiger partial charge in [0.05, 0.1) is 19.8 Å². The summed E-state index contributed by atoms with van der Waals surface area (Å²) in [6.45, 7) is 7.00. The first kappa shape index (κ1) is 21.0. The molecule has 2 N–H and O–H groups in total. The summed E-state index contributed by atoms with van der Waals surface area (Å²) in [5, 5.41) is 6.62. The number of morpholine rings is 1. The van der Waals surface area contributed by atoms with Gasteiger partial charge in [-0.25, -0.2) is 0 Å². The number of rotatable bonds is 6. The first-order valence-corrected chi connectivity index (χ1v) is 8.10. The summed E-state index contributed by atoms with van der Waals surface area (Å²) in [4.78, 5) is 6.59. The Kier molecular flexibility index (Phi) is 10.0. The van der Waals surface area contributed by atoms with Crippen molar-refractivity contribution in [2.45, 2.75) is 19.5 Å². The summed E-state index contributed by atoms with van der Waals surface area (Å²) >= 11 is 0. The minimum absolute atomic E-state index is 0. The van der Waals surface area contributed by atoms with Gasteiger partial charge >= 0.3 is 0 Å². The molecule has 0 bridgehead atoms. The molecule has 6 nitrogen and oxygen atoms in total. The van der Waals surface area contributed by atoms with Crippen LogP contribution in [-0.2, 0) is 16.0 Å². The van der Waals surface area contributed by atoms with E-state index in [0.29, 0.717) is 6.61 Å². The normalized spacial score (nSPS) is 16.3. The molecule has 1 heterocycles. The zero-order valence-corrected chi connectivity index (χ0v) is 17.1. The van der Waals surface area contributed by atoms with E-state index in [-0.39, 0.29) is 30.0 Å². The summed E-state index contributed by atoms with van der Waals surface area (Å²) in [6, 6.07) is 8.88. The van der Waals surface area contributed by atoms with E-state index in [2.05, 4.69) is 51.7 Å². The number of nitrogens with zero attached hydrogens (tertiary/aromatic N) is 2. The van der Waals surface area contributed by atoms with E-state index in [0.717, 1.165) is 38.8 Å². The number of hydrogen-bond acceptors (Lipinski definition) is 4. The lowest BCUT2D eigenvalue weighted by atomic mass is 10.2. The van der Waals surface area contributed by atoms with Crippen LogP contribution in [0.1, 0.15) is 12.5 Å². The molecule has 136 valence electrons. The van der Waals surface area contributed by atoms with Crippen molar-refractivity contribution in [3.63, 3.8) is 0 Å². The Bertz CT molecular complexity index is 490. The van der Waals surface area contributed by atoms with Crippen molar-refractivity contribution in [2.75, 3.05) is 52.0 Å². The van der Waals surface area contributed by atoms with Crippen molar-refractivity contribution in [3.05, 3.63) is 29.8 Å². The molecule has 1 unspecified atom stereocenters. The van der Waals surface area contributed by atoms with Gasteiger partial charge in [0.15, 0.2) is 5.96 Å². The van der Waals surface area contributed by atoms with Gasteiger partial charge in [0, 0.05) is 45.5 Å². The predicted molar refractivity (Wildman–Crippen MR) is 110 cm³/mol. The summed E-state index contributed by atoms with van der Waals surface area (Å²) < 4.78 is 10.5. The molecule has 1 saturated heterocycles. The number of hydrogen-bond donors (Lipinski definition) is 2. The topological polar surface area (TPSA) is 58.1 Å². The van der Waals surface area contributed by atoms with E-state index >= 15 is 0 Å². The zero-order chi connectivity index (χ0) is 16.5. The summed E-state index contributed by atoms with van der Waals surface area (Å²) in [6.07, 6.45) is 0. The molecule has 0 spiro atoms. The van der Waals surface area contributed by atoms with Gasteiger partial charge < -0.3 is 25.0 Å². The van der Waals surface area contributed by atoms with Gasteiger partial charge in [0.25, 0.3) is 0 Å². The number of benzene rings is 1. The number of halogens is 1. The molecule has 1 fully saturated rings. The third-order valence-electron chi connectivity index (χ3n) is 3.80. The fourth-order valence-electron chi connectivity index (χ4n) is 2.55. The van der Waals surface area contributed by atoms with Crippen LogP contribution in [0.15, 0.2) is 29.3 Å².